The van der Waals surface area contributed by atoms with Gasteiger partial charge in [0.15, 0.2) is 11.6 Å². The van der Waals surface area contributed by atoms with Gasteiger partial charge in [-0.05, 0) is 66.7 Å². The van der Waals surface area contributed by atoms with Gasteiger partial charge in [-0.2, -0.15) is 0 Å². The molecule has 6 heteroatoms. The minimum atomic E-state index is 0.799. The maximum absolute atomic E-state index is 4.83. The zero-order valence-corrected chi connectivity index (χ0v) is 23.7. The second-order valence-electron chi connectivity index (χ2n) is 10.6. The van der Waals surface area contributed by atoms with Gasteiger partial charge in [0.25, 0.3) is 0 Å². The van der Waals surface area contributed by atoms with Crippen LogP contribution in [0.5, 0.6) is 0 Å². The van der Waals surface area contributed by atoms with Crippen molar-refractivity contribution in [2.45, 2.75) is 0 Å². The fourth-order valence-electron chi connectivity index (χ4n) is 6.15. The molecule has 202 valence electrons. The zero-order valence-electron chi connectivity index (χ0n) is 22.9. The van der Waals surface area contributed by atoms with E-state index in [1.807, 2.05) is 60.0 Å². The lowest BCUT2D eigenvalue weighted by Gasteiger charge is -2.12. The van der Waals surface area contributed by atoms with Crippen molar-refractivity contribution in [1.82, 2.24) is 24.3 Å². The molecule has 4 heterocycles. The lowest BCUT2D eigenvalue weighted by Crippen LogP contribution is -2.00. The molecule has 43 heavy (non-hydrogen) atoms. The summed E-state index contributed by atoms with van der Waals surface area (Å²) in [5.74, 6) is 1.61. The van der Waals surface area contributed by atoms with E-state index >= 15 is 0 Å². The molecule has 0 amide bonds. The molecule has 0 bridgehead atoms. The van der Waals surface area contributed by atoms with Gasteiger partial charge in [-0.25, -0.2) is 0 Å². The first kappa shape index (κ1) is 24.1. The van der Waals surface area contributed by atoms with E-state index < -0.39 is 0 Å². The minimum absolute atomic E-state index is 0.799. The van der Waals surface area contributed by atoms with E-state index in [-0.39, 0.29) is 0 Å². The maximum atomic E-state index is 4.83. The van der Waals surface area contributed by atoms with Gasteiger partial charge in [-0.15, -0.1) is 21.5 Å². The van der Waals surface area contributed by atoms with Crippen molar-refractivity contribution in [2.75, 3.05) is 0 Å². The van der Waals surface area contributed by atoms with Crippen molar-refractivity contribution >= 4 is 53.4 Å². The Morgan fingerprint density at radius 1 is 0.465 bits per heavy atom. The summed E-state index contributed by atoms with van der Waals surface area (Å²) >= 11 is 1.84. The van der Waals surface area contributed by atoms with E-state index in [1.165, 1.54) is 20.2 Å². The van der Waals surface area contributed by atoms with Crippen molar-refractivity contribution < 1.29 is 0 Å². The van der Waals surface area contributed by atoms with Crippen LogP contribution in [0.25, 0.3) is 76.3 Å². The molecule has 5 aromatic carbocycles. The molecule has 9 aromatic rings. The van der Waals surface area contributed by atoms with Crippen molar-refractivity contribution in [3.8, 4) is 34.2 Å². The van der Waals surface area contributed by atoms with Crippen LogP contribution >= 0.6 is 11.3 Å². The molecule has 0 aliphatic heterocycles. The predicted octanol–water partition coefficient (Wildman–Crippen LogP) is 9.46. The van der Waals surface area contributed by atoms with Gasteiger partial charge >= 0.3 is 0 Å². The summed E-state index contributed by atoms with van der Waals surface area (Å²) in [7, 11) is 0. The number of para-hydroxylation sites is 1. The Labute approximate surface area is 250 Å². The van der Waals surface area contributed by atoms with E-state index in [4.69, 9.17) is 4.98 Å². The van der Waals surface area contributed by atoms with Crippen molar-refractivity contribution in [3.05, 3.63) is 140 Å². The molecular formula is C37H23N5S. The number of thiophene rings is 1. The first-order chi connectivity index (χ1) is 21.3. The van der Waals surface area contributed by atoms with Crippen LogP contribution < -0.4 is 0 Å². The Bertz CT molecular complexity index is 2440. The average molecular weight is 570 g/mol. The molecule has 0 fully saturated rings. The molecule has 5 nitrogen and oxygen atoms in total. The van der Waals surface area contributed by atoms with Crippen molar-refractivity contribution in [2.24, 2.45) is 0 Å². The summed E-state index contributed by atoms with van der Waals surface area (Å²) < 4.78 is 7.03. The molecule has 0 N–H and O–H groups in total. The van der Waals surface area contributed by atoms with Crippen LogP contribution in [0.15, 0.2) is 140 Å². The summed E-state index contributed by atoms with van der Waals surface area (Å²) in [5, 5.41) is 13.1. The van der Waals surface area contributed by atoms with E-state index in [0.717, 1.165) is 56.1 Å². The minimum Gasteiger partial charge on any atom is -0.308 e. The van der Waals surface area contributed by atoms with Crippen LogP contribution in [-0.2, 0) is 0 Å². The topological polar surface area (TPSA) is 48.5 Å². The number of pyridine rings is 1. The fraction of sp³-hybridized carbons (Fsp3) is 0. The molecule has 0 saturated heterocycles. The largest absolute Gasteiger partial charge is 0.308 e. The summed E-state index contributed by atoms with van der Waals surface area (Å²) in [6.45, 7) is 0. The van der Waals surface area contributed by atoms with Crippen LogP contribution in [0.1, 0.15) is 0 Å². The molecular weight excluding hydrogens is 547 g/mol. The number of aromatic nitrogens is 5. The van der Waals surface area contributed by atoms with E-state index in [1.54, 1.807) is 0 Å². The van der Waals surface area contributed by atoms with Gasteiger partial charge in [0.1, 0.15) is 0 Å². The fourth-order valence-corrected chi connectivity index (χ4v) is 7.28. The van der Waals surface area contributed by atoms with Gasteiger partial charge < -0.3 is 4.57 Å². The number of nitrogens with zero attached hydrogens (tertiary/aromatic N) is 5. The highest BCUT2D eigenvalue weighted by Crippen LogP contribution is 2.40. The molecule has 9 rings (SSSR count). The molecule has 4 aromatic heterocycles. The molecule has 0 radical (unpaired) electrons. The molecule has 0 spiro atoms. The second kappa shape index (κ2) is 9.48. The monoisotopic (exact) mass is 569 g/mol. The summed E-state index contributed by atoms with van der Waals surface area (Å²) in [6.07, 6.45) is 1.88. The Balaban J connectivity index is 1.22. The Morgan fingerprint density at radius 2 is 1.14 bits per heavy atom. The third-order valence-electron chi connectivity index (χ3n) is 8.11. The van der Waals surface area contributed by atoms with Crippen molar-refractivity contribution in [3.63, 3.8) is 0 Å². The zero-order chi connectivity index (χ0) is 28.3. The van der Waals surface area contributed by atoms with Gasteiger partial charge in [0.2, 0.25) is 0 Å². The normalized spacial score (nSPS) is 11.7. The van der Waals surface area contributed by atoms with Gasteiger partial charge in [0.05, 0.1) is 16.6 Å². The molecule has 0 atom stereocenters. The average Bonchev–Trinajstić information content (AvgIpc) is 3.76. The smallest absolute Gasteiger partial charge is 0.168 e. The van der Waals surface area contributed by atoms with Crippen LogP contribution in [0.4, 0.5) is 0 Å². The summed E-state index contributed by atoms with van der Waals surface area (Å²) in [6, 6.07) is 46.6. The third kappa shape index (κ3) is 3.74. The lowest BCUT2D eigenvalue weighted by atomic mass is 10.1. The lowest BCUT2D eigenvalue weighted by molar-refractivity contribution is 1.07. The Hall–Kier alpha value is -5.59. The molecule has 0 aliphatic rings. The van der Waals surface area contributed by atoms with Crippen LogP contribution in [-0.4, -0.2) is 24.3 Å². The van der Waals surface area contributed by atoms with Crippen LogP contribution in [0, 0.1) is 0 Å². The first-order valence-electron chi connectivity index (χ1n) is 14.2. The molecule has 0 unspecified atom stereocenters. The van der Waals surface area contributed by atoms with Gasteiger partial charge in [-0.1, -0.05) is 66.7 Å². The maximum Gasteiger partial charge on any atom is 0.168 e. The van der Waals surface area contributed by atoms with Gasteiger partial charge in [0, 0.05) is 54.3 Å². The van der Waals surface area contributed by atoms with Crippen LogP contribution in [0.3, 0.4) is 0 Å². The number of fused-ring (bicyclic) bond motifs is 6. The van der Waals surface area contributed by atoms with E-state index in [2.05, 4.69) is 110 Å². The third-order valence-corrected chi connectivity index (χ3v) is 9.25. The number of hydrogen-bond acceptors (Lipinski definition) is 4. The number of benzene rings is 5. The Kier molecular flexibility index (Phi) is 5.30. The standard InChI is InChI=1S/C37H23N5S/c1-3-10-24(11-4-1)36-39-40-37(42(36)26-12-5-2-6-13-26)25-17-19-27(20-18-25)41-31-15-9-21-38-35(31)30-22-29-28-14-7-8-16-33(28)43-34(29)23-32(30)41/h1-23H. The second-order valence-corrected chi connectivity index (χ2v) is 11.7. The van der Waals surface area contributed by atoms with Gasteiger partial charge in [-0.3, -0.25) is 9.55 Å². The quantitative estimate of drug-likeness (QED) is 0.212. The van der Waals surface area contributed by atoms with E-state index in [0.29, 0.717) is 0 Å². The Morgan fingerprint density at radius 3 is 1.93 bits per heavy atom. The highest BCUT2D eigenvalue weighted by Gasteiger charge is 2.19. The number of hydrogen-bond donors (Lipinski definition) is 0. The summed E-state index contributed by atoms with van der Waals surface area (Å²) in [5.41, 5.74) is 7.36. The predicted molar refractivity (Wildman–Crippen MR) is 177 cm³/mol. The summed E-state index contributed by atoms with van der Waals surface area (Å²) in [4.78, 5) is 4.83. The SMILES string of the molecule is c1ccc(-c2nnc(-c3ccc(-n4c5cc6sc7ccccc7c6cc5c5ncccc54)cc3)n2-c2ccccc2)cc1. The van der Waals surface area contributed by atoms with E-state index in [9.17, 15) is 0 Å². The highest BCUT2D eigenvalue weighted by molar-refractivity contribution is 7.25. The number of rotatable bonds is 4. The first-order valence-corrected chi connectivity index (χ1v) is 15.0. The molecule has 0 saturated carbocycles. The molecule has 0 aliphatic carbocycles. The van der Waals surface area contributed by atoms with Crippen LogP contribution in [0.2, 0.25) is 0 Å². The highest BCUT2D eigenvalue weighted by atomic mass is 32.1. The van der Waals surface area contributed by atoms with Crippen molar-refractivity contribution in [1.29, 1.82) is 0 Å².